The Balaban J connectivity index is 1.99. The van der Waals surface area contributed by atoms with Crippen LogP contribution in [0.2, 0.25) is 0 Å². The molecule has 3 N–H and O–H groups in total. The molecular weight excluding hydrogens is 180 g/mol. The van der Waals surface area contributed by atoms with Crippen molar-refractivity contribution in [3.05, 3.63) is 24.3 Å². The quantitative estimate of drug-likeness (QED) is 0.641. The Bertz CT molecular complexity index is 348. The summed E-state index contributed by atoms with van der Waals surface area (Å²) in [5.41, 5.74) is 0.641. The van der Waals surface area contributed by atoms with E-state index in [9.17, 15) is 9.90 Å². The molecule has 0 aromatic heterocycles. The molecule has 74 valence electrons. The van der Waals surface area contributed by atoms with Crippen LogP contribution in [0.1, 0.15) is 0 Å². The maximum absolute atomic E-state index is 11.5. The van der Waals surface area contributed by atoms with Crippen molar-refractivity contribution in [2.24, 2.45) is 5.92 Å². The fourth-order valence-corrected chi connectivity index (χ4v) is 1.30. The summed E-state index contributed by atoms with van der Waals surface area (Å²) in [6.45, 7) is 1.48. The fraction of sp³-hybridized carbons (Fsp3) is 0.300. The van der Waals surface area contributed by atoms with Gasteiger partial charge in [0.1, 0.15) is 5.75 Å². The van der Waals surface area contributed by atoms with Gasteiger partial charge in [-0.25, -0.2) is 0 Å². The largest absolute Gasteiger partial charge is 0.508 e. The molecule has 0 bridgehead atoms. The van der Waals surface area contributed by atoms with Crippen LogP contribution in [0.5, 0.6) is 5.75 Å². The van der Waals surface area contributed by atoms with Gasteiger partial charge in [-0.2, -0.15) is 0 Å². The second-order valence-corrected chi connectivity index (χ2v) is 3.39. The number of carbonyl (C=O) groups excluding carboxylic acids is 1. The number of nitrogens with one attached hydrogen (secondary N) is 2. The van der Waals surface area contributed by atoms with Crippen LogP contribution in [0.15, 0.2) is 24.3 Å². The number of rotatable bonds is 2. The molecular formula is C10H12N2O2. The van der Waals surface area contributed by atoms with Gasteiger partial charge in [-0.05, 0) is 12.1 Å². The summed E-state index contributed by atoms with van der Waals surface area (Å²) in [5, 5.41) is 14.9. The van der Waals surface area contributed by atoms with Crippen molar-refractivity contribution >= 4 is 11.6 Å². The van der Waals surface area contributed by atoms with Crippen LogP contribution in [0, 0.1) is 5.92 Å². The molecule has 0 spiro atoms. The van der Waals surface area contributed by atoms with Gasteiger partial charge in [-0.3, -0.25) is 4.79 Å². The van der Waals surface area contributed by atoms with Crippen LogP contribution in [0.3, 0.4) is 0 Å². The van der Waals surface area contributed by atoms with Gasteiger partial charge in [-0.15, -0.1) is 0 Å². The van der Waals surface area contributed by atoms with Crippen molar-refractivity contribution in [2.75, 3.05) is 18.4 Å². The molecule has 4 nitrogen and oxygen atoms in total. The molecule has 0 atom stereocenters. The highest BCUT2D eigenvalue weighted by molar-refractivity contribution is 5.93. The van der Waals surface area contributed by atoms with E-state index in [2.05, 4.69) is 10.6 Å². The van der Waals surface area contributed by atoms with Crippen LogP contribution in [-0.2, 0) is 4.79 Å². The molecule has 1 aromatic carbocycles. The fourth-order valence-electron chi connectivity index (χ4n) is 1.30. The van der Waals surface area contributed by atoms with Crippen LogP contribution in [-0.4, -0.2) is 24.1 Å². The first-order valence-corrected chi connectivity index (χ1v) is 4.56. The van der Waals surface area contributed by atoms with Crippen molar-refractivity contribution < 1.29 is 9.90 Å². The number of phenols is 1. The third kappa shape index (κ3) is 1.85. The summed E-state index contributed by atoms with van der Waals surface area (Å²) >= 11 is 0. The van der Waals surface area contributed by atoms with Gasteiger partial charge in [-0.1, -0.05) is 6.07 Å². The summed E-state index contributed by atoms with van der Waals surface area (Å²) in [7, 11) is 0. The van der Waals surface area contributed by atoms with E-state index in [1.54, 1.807) is 18.2 Å². The van der Waals surface area contributed by atoms with Crippen LogP contribution >= 0.6 is 0 Å². The number of hydrogen-bond donors (Lipinski definition) is 3. The smallest absolute Gasteiger partial charge is 0.230 e. The Morgan fingerprint density at radius 2 is 2.29 bits per heavy atom. The maximum Gasteiger partial charge on any atom is 0.230 e. The van der Waals surface area contributed by atoms with Crippen LogP contribution in [0.4, 0.5) is 5.69 Å². The standard InChI is InChI=1S/C10H12N2O2/c13-9-3-1-2-8(4-9)12-10(14)7-5-11-6-7/h1-4,7,11,13H,5-6H2,(H,12,14). The number of amides is 1. The van der Waals surface area contributed by atoms with E-state index >= 15 is 0 Å². The first-order chi connectivity index (χ1) is 6.75. The number of aromatic hydroxyl groups is 1. The number of hydrogen-bond acceptors (Lipinski definition) is 3. The summed E-state index contributed by atoms with van der Waals surface area (Å²) in [6, 6.07) is 6.55. The van der Waals surface area contributed by atoms with Gasteiger partial charge in [0.15, 0.2) is 0 Å². The van der Waals surface area contributed by atoms with E-state index in [-0.39, 0.29) is 17.6 Å². The van der Waals surface area contributed by atoms with E-state index in [1.165, 1.54) is 6.07 Å². The van der Waals surface area contributed by atoms with Gasteiger partial charge >= 0.3 is 0 Å². The van der Waals surface area contributed by atoms with E-state index < -0.39 is 0 Å². The predicted octanol–water partition coefficient (Wildman–Crippen LogP) is 0.550. The molecule has 4 heteroatoms. The molecule has 0 radical (unpaired) electrons. The molecule has 0 aliphatic carbocycles. The van der Waals surface area contributed by atoms with Crippen molar-refractivity contribution in [3.8, 4) is 5.75 Å². The topological polar surface area (TPSA) is 61.4 Å². The van der Waals surface area contributed by atoms with Crippen molar-refractivity contribution in [3.63, 3.8) is 0 Å². The highest BCUT2D eigenvalue weighted by atomic mass is 16.3. The average Bonchev–Trinajstić information content (AvgIpc) is 1.99. The summed E-state index contributed by atoms with van der Waals surface area (Å²) in [5.74, 6) is 0.237. The minimum absolute atomic E-state index is 0.00866. The Morgan fingerprint density at radius 3 is 2.86 bits per heavy atom. The molecule has 1 heterocycles. The Kier molecular flexibility index (Phi) is 2.37. The molecule has 1 saturated heterocycles. The summed E-state index contributed by atoms with van der Waals surface area (Å²) in [6.07, 6.45) is 0. The SMILES string of the molecule is O=C(Nc1cccc(O)c1)C1CNC1. The Morgan fingerprint density at radius 1 is 1.50 bits per heavy atom. The van der Waals surface area contributed by atoms with E-state index in [0.717, 1.165) is 13.1 Å². The molecule has 1 fully saturated rings. The lowest BCUT2D eigenvalue weighted by molar-refractivity contribution is -0.121. The molecule has 1 amide bonds. The minimum Gasteiger partial charge on any atom is -0.508 e. The number of phenolic OH excluding ortho intramolecular Hbond substituents is 1. The van der Waals surface area contributed by atoms with Gasteiger partial charge < -0.3 is 15.7 Å². The lowest BCUT2D eigenvalue weighted by atomic mass is 10.0. The number of anilines is 1. The highest BCUT2D eigenvalue weighted by Crippen LogP contribution is 2.16. The molecule has 1 aromatic rings. The lowest BCUT2D eigenvalue weighted by Crippen LogP contribution is -2.48. The van der Waals surface area contributed by atoms with E-state index in [0.29, 0.717) is 5.69 Å². The molecule has 2 rings (SSSR count). The monoisotopic (exact) mass is 192 g/mol. The highest BCUT2D eigenvalue weighted by Gasteiger charge is 2.24. The zero-order valence-corrected chi connectivity index (χ0v) is 7.66. The minimum atomic E-state index is 0.00866. The average molecular weight is 192 g/mol. The molecule has 0 saturated carbocycles. The van der Waals surface area contributed by atoms with Crippen molar-refractivity contribution in [1.82, 2.24) is 5.32 Å². The van der Waals surface area contributed by atoms with E-state index in [4.69, 9.17) is 0 Å². The number of benzene rings is 1. The zero-order valence-electron chi connectivity index (χ0n) is 7.66. The third-order valence-electron chi connectivity index (χ3n) is 2.27. The molecule has 14 heavy (non-hydrogen) atoms. The Labute approximate surface area is 81.9 Å². The first-order valence-electron chi connectivity index (χ1n) is 4.56. The zero-order chi connectivity index (χ0) is 9.97. The maximum atomic E-state index is 11.5. The molecule has 0 unspecified atom stereocenters. The van der Waals surface area contributed by atoms with Gasteiger partial charge in [0.05, 0.1) is 5.92 Å². The first kappa shape index (κ1) is 9.02. The lowest BCUT2D eigenvalue weighted by Gasteiger charge is -2.25. The second kappa shape index (κ2) is 3.67. The van der Waals surface area contributed by atoms with Crippen LogP contribution in [0.25, 0.3) is 0 Å². The van der Waals surface area contributed by atoms with Gasteiger partial charge in [0.25, 0.3) is 0 Å². The van der Waals surface area contributed by atoms with Gasteiger partial charge in [0, 0.05) is 24.8 Å². The van der Waals surface area contributed by atoms with Crippen molar-refractivity contribution in [1.29, 1.82) is 0 Å². The predicted molar refractivity (Wildman–Crippen MR) is 53.1 cm³/mol. The third-order valence-corrected chi connectivity index (χ3v) is 2.27. The Hall–Kier alpha value is -1.55. The van der Waals surface area contributed by atoms with E-state index in [1.807, 2.05) is 0 Å². The molecule has 1 aliphatic rings. The normalized spacial score (nSPS) is 16.0. The summed E-state index contributed by atoms with van der Waals surface area (Å²) < 4.78 is 0. The number of carbonyl (C=O) groups is 1. The van der Waals surface area contributed by atoms with Gasteiger partial charge in [0.2, 0.25) is 5.91 Å². The van der Waals surface area contributed by atoms with Crippen molar-refractivity contribution in [2.45, 2.75) is 0 Å². The second-order valence-electron chi connectivity index (χ2n) is 3.39. The summed E-state index contributed by atoms with van der Waals surface area (Å²) in [4.78, 5) is 11.5. The van der Waals surface area contributed by atoms with Crippen LogP contribution < -0.4 is 10.6 Å². The molecule has 1 aliphatic heterocycles.